The van der Waals surface area contributed by atoms with E-state index in [0.29, 0.717) is 37.8 Å². The van der Waals surface area contributed by atoms with E-state index in [0.717, 1.165) is 19.5 Å². The number of nitrogens with zero attached hydrogens (tertiary/aromatic N) is 3. The van der Waals surface area contributed by atoms with E-state index in [1.807, 2.05) is 0 Å². The van der Waals surface area contributed by atoms with Crippen molar-refractivity contribution in [2.75, 3.05) is 44.7 Å². The highest BCUT2D eigenvalue weighted by Crippen LogP contribution is 2.37. The lowest BCUT2D eigenvalue weighted by atomic mass is 10.2. The number of carbonyl (C=O) groups excluding carboxylic acids is 2. The van der Waals surface area contributed by atoms with Crippen LogP contribution in [0.15, 0.2) is 23.1 Å². The first kappa shape index (κ1) is 22.0. The molecule has 0 radical (unpaired) electrons. The summed E-state index contributed by atoms with van der Waals surface area (Å²) in [5.41, 5.74) is 0.433. The third-order valence-electron chi connectivity index (χ3n) is 6.21. The van der Waals surface area contributed by atoms with Gasteiger partial charge >= 0.3 is 0 Å². The van der Waals surface area contributed by atoms with Gasteiger partial charge in [-0.1, -0.05) is 6.07 Å². The van der Waals surface area contributed by atoms with Crippen LogP contribution in [0, 0.1) is 0 Å². The van der Waals surface area contributed by atoms with E-state index in [-0.39, 0.29) is 22.5 Å². The lowest BCUT2D eigenvalue weighted by Crippen LogP contribution is -2.54. The number of methoxy groups -OCH3 is 1. The predicted octanol–water partition coefficient (Wildman–Crippen LogP) is 0.795. The Kier molecular flexibility index (Phi) is 6.23. The van der Waals surface area contributed by atoms with Crippen molar-refractivity contribution in [2.24, 2.45) is 0 Å². The molecule has 0 bridgehead atoms. The van der Waals surface area contributed by atoms with Crippen molar-refractivity contribution in [1.29, 1.82) is 0 Å². The quantitative estimate of drug-likeness (QED) is 0.660. The number of anilines is 1. The molecule has 1 aromatic carbocycles. The summed E-state index contributed by atoms with van der Waals surface area (Å²) >= 11 is 0. The lowest BCUT2D eigenvalue weighted by Gasteiger charge is -2.36. The molecule has 2 heterocycles. The molecule has 4 rings (SSSR count). The molecule has 0 aromatic heterocycles. The Morgan fingerprint density at radius 1 is 1.16 bits per heavy atom. The Morgan fingerprint density at radius 3 is 2.45 bits per heavy atom. The molecular formula is C21H30N4O5S. The third-order valence-corrected chi connectivity index (χ3v) is 7.77. The number of piperazine rings is 1. The minimum atomic E-state index is -4.04. The molecule has 0 spiro atoms. The molecule has 3 fully saturated rings. The summed E-state index contributed by atoms with van der Waals surface area (Å²) in [4.78, 5) is 30.6. The van der Waals surface area contributed by atoms with Crippen LogP contribution in [0.2, 0.25) is 0 Å². The Bertz CT molecular complexity index is 955. The maximum atomic E-state index is 13.1. The Morgan fingerprint density at radius 2 is 1.87 bits per heavy atom. The van der Waals surface area contributed by atoms with E-state index in [1.165, 1.54) is 26.0 Å². The van der Waals surface area contributed by atoms with E-state index < -0.39 is 16.1 Å². The fourth-order valence-electron chi connectivity index (χ4n) is 4.40. The smallest absolute Gasteiger partial charge is 0.245 e. The third kappa shape index (κ3) is 4.56. The second-order valence-corrected chi connectivity index (χ2v) is 10.1. The van der Waals surface area contributed by atoms with Crippen LogP contribution in [0.5, 0.6) is 5.75 Å². The van der Waals surface area contributed by atoms with Gasteiger partial charge in [0.05, 0.1) is 18.8 Å². The zero-order valence-corrected chi connectivity index (χ0v) is 18.9. The highest BCUT2D eigenvalue weighted by atomic mass is 32.2. The van der Waals surface area contributed by atoms with Crippen LogP contribution >= 0.6 is 0 Å². The molecule has 1 saturated carbocycles. The summed E-state index contributed by atoms with van der Waals surface area (Å²) < 4.78 is 34.2. The fourth-order valence-corrected chi connectivity index (χ4v) is 5.79. The first-order chi connectivity index (χ1) is 14.8. The van der Waals surface area contributed by atoms with E-state index in [2.05, 4.69) is 9.62 Å². The van der Waals surface area contributed by atoms with Gasteiger partial charge in [0.25, 0.3) is 0 Å². The summed E-state index contributed by atoms with van der Waals surface area (Å²) in [5.74, 6) is -0.179. The molecule has 1 atom stereocenters. The van der Waals surface area contributed by atoms with Gasteiger partial charge in [0.1, 0.15) is 4.90 Å². The molecule has 2 aliphatic heterocycles. The predicted molar refractivity (Wildman–Crippen MR) is 116 cm³/mol. The molecule has 1 aliphatic carbocycles. The van der Waals surface area contributed by atoms with Crippen molar-refractivity contribution >= 4 is 27.5 Å². The number of hydrogen-bond acceptors (Lipinski definition) is 6. The van der Waals surface area contributed by atoms with E-state index >= 15 is 0 Å². The molecule has 10 heteroatoms. The summed E-state index contributed by atoms with van der Waals surface area (Å²) in [5, 5.41) is 0. The molecule has 1 aromatic rings. The molecule has 9 nitrogen and oxygen atoms in total. The molecule has 31 heavy (non-hydrogen) atoms. The molecule has 0 unspecified atom stereocenters. The van der Waals surface area contributed by atoms with Crippen LogP contribution in [0.1, 0.15) is 32.6 Å². The van der Waals surface area contributed by atoms with Crippen molar-refractivity contribution in [3.8, 4) is 5.75 Å². The van der Waals surface area contributed by atoms with Gasteiger partial charge in [0.2, 0.25) is 21.8 Å². The maximum Gasteiger partial charge on any atom is 0.245 e. The number of benzene rings is 1. The Hall–Kier alpha value is -2.17. The molecule has 2 amide bonds. The van der Waals surface area contributed by atoms with Gasteiger partial charge in [-0.05, 0) is 38.3 Å². The number of para-hydroxylation sites is 1. The molecule has 3 aliphatic rings. The van der Waals surface area contributed by atoms with Gasteiger partial charge in [-0.25, -0.2) is 8.42 Å². The number of hydrogen-bond donors (Lipinski definition) is 1. The van der Waals surface area contributed by atoms with Crippen molar-refractivity contribution in [3.05, 3.63) is 18.2 Å². The van der Waals surface area contributed by atoms with Gasteiger partial charge in [-0.2, -0.15) is 4.72 Å². The number of rotatable bonds is 7. The van der Waals surface area contributed by atoms with Crippen molar-refractivity contribution in [1.82, 2.24) is 14.5 Å². The second-order valence-electron chi connectivity index (χ2n) is 8.39. The minimum absolute atomic E-state index is 0.0605. The van der Waals surface area contributed by atoms with Crippen molar-refractivity contribution < 1.29 is 22.7 Å². The standard InChI is InChI=1S/C21H30N4O5S/c1-15(21(27)24-13-11-23(12-14-24)16-8-9-16)22-31(28,29)18-6-3-5-17(20(18)30-2)25-10-4-7-19(25)26/h3,5-6,15-16,22H,4,7-14H2,1-2H3/t15-/m0/s1. The number of nitrogens with one attached hydrogen (secondary N) is 1. The van der Waals surface area contributed by atoms with E-state index in [4.69, 9.17) is 4.74 Å². The van der Waals surface area contributed by atoms with Crippen LogP contribution in [0.3, 0.4) is 0 Å². The van der Waals surface area contributed by atoms with Crippen molar-refractivity contribution in [3.63, 3.8) is 0 Å². The highest BCUT2D eigenvalue weighted by Gasteiger charge is 2.35. The zero-order chi connectivity index (χ0) is 22.2. The monoisotopic (exact) mass is 450 g/mol. The van der Waals surface area contributed by atoms with E-state index in [1.54, 1.807) is 28.9 Å². The van der Waals surface area contributed by atoms with Gasteiger partial charge < -0.3 is 14.5 Å². The topological polar surface area (TPSA) is 99.3 Å². The Labute approximate surface area is 183 Å². The summed E-state index contributed by atoms with van der Waals surface area (Å²) in [6.07, 6.45) is 3.61. The van der Waals surface area contributed by atoms with Crippen LogP contribution < -0.4 is 14.4 Å². The molecule has 2 saturated heterocycles. The SMILES string of the molecule is COc1c(N2CCCC2=O)cccc1S(=O)(=O)N[C@@H](C)C(=O)N1CCN(C2CC2)CC1. The molecule has 1 N–H and O–H groups in total. The average Bonchev–Trinajstić information content (AvgIpc) is 3.53. The van der Waals surface area contributed by atoms with Crippen LogP contribution in [0.25, 0.3) is 0 Å². The largest absolute Gasteiger partial charge is 0.493 e. The second kappa shape index (κ2) is 8.76. The maximum absolute atomic E-state index is 13.1. The fraction of sp³-hybridized carbons (Fsp3) is 0.619. The minimum Gasteiger partial charge on any atom is -0.493 e. The number of ether oxygens (including phenoxy) is 1. The summed E-state index contributed by atoms with van der Waals surface area (Å²) in [6, 6.07) is 4.45. The number of amides is 2. The molecular weight excluding hydrogens is 420 g/mol. The van der Waals surface area contributed by atoms with Crippen LogP contribution in [-0.2, 0) is 19.6 Å². The zero-order valence-electron chi connectivity index (χ0n) is 18.0. The summed E-state index contributed by atoms with van der Waals surface area (Å²) in [7, 11) is -2.66. The summed E-state index contributed by atoms with van der Waals surface area (Å²) in [6.45, 7) is 4.96. The number of carbonyl (C=O) groups is 2. The lowest BCUT2D eigenvalue weighted by molar-refractivity contribution is -0.134. The van der Waals surface area contributed by atoms with Gasteiger partial charge in [-0.3, -0.25) is 14.5 Å². The molecule has 170 valence electrons. The van der Waals surface area contributed by atoms with Gasteiger partial charge in [0, 0.05) is 45.2 Å². The first-order valence-electron chi connectivity index (χ1n) is 10.8. The van der Waals surface area contributed by atoms with Gasteiger partial charge in [0.15, 0.2) is 5.75 Å². The first-order valence-corrected chi connectivity index (χ1v) is 12.3. The normalized spacial score (nSPS) is 21.4. The van der Waals surface area contributed by atoms with E-state index in [9.17, 15) is 18.0 Å². The highest BCUT2D eigenvalue weighted by molar-refractivity contribution is 7.89. The average molecular weight is 451 g/mol. The number of sulfonamides is 1. The van der Waals surface area contributed by atoms with Crippen molar-refractivity contribution in [2.45, 2.75) is 49.6 Å². The van der Waals surface area contributed by atoms with Gasteiger partial charge in [-0.15, -0.1) is 0 Å². The Balaban J connectivity index is 1.48. The van der Waals surface area contributed by atoms with Crippen LogP contribution in [-0.4, -0.2) is 81.9 Å². The van der Waals surface area contributed by atoms with Crippen LogP contribution in [0.4, 0.5) is 5.69 Å².